The summed E-state index contributed by atoms with van der Waals surface area (Å²) in [6, 6.07) is 5.76. The zero-order chi connectivity index (χ0) is 17.7. The molecule has 0 radical (unpaired) electrons. The number of aromatic nitrogens is 2. The summed E-state index contributed by atoms with van der Waals surface area (Å²) in [5.74, 6) is -0.245. The Morgan fingerprint density at radius 3 is 2.88 bits per heavy atom. The van der Waals surface area contributed by atoms with Gasteiger partial charge in [-0.25, -0.2) is 4.68 Å². The zero-order valence-electron chi connectivity index (χ0n) is 13.7. The van der Waals surface area contributed by atoms with Crippen LogP contribution in [0.25, 0.3) is 0 Å². The van der Waals surface area contributed by atoms with Crippen LogP contribution in [0.4, 0.5) is 0 Å². The van der Waals surface area contributed by atoms with Gasteiger partial charge in [-0.05, 0) is 30.9 Å². The number of nitrogens with zero attached hydrogens (tertiary/aromatic N) is 4. The summed E-state index contributed by atoms with van der Waals surface area (Å²) in [6.07, 6.45) is 1.64. The van der Waals surface area contributed by atoms with E-state index < -0.39 is 5.56 Å². The van der Waals surface area contributed by atoms with Crippen molar-refractivity contribution in [3.63, 3.8) is 0 Å². The highest BCUT2D eigenvalue weighted by Crippen LogP contribution is 2.12. The van der Waals surface area contributed by atoms with Crippen molar-refractivity contribution in [2.45, 2.75) is 26.9 Å². The number of amides is 1. The van der Waals surface area contributed by atoms with Gasteiger partial charge in [-0.2, -0.15) is 10.4 Å². The summed E-state index contributed by atoms with van der Waals surface area (Å²) >= 11 is 1.56. The number of rotatable bonds is 6. The molecule has 1 amide bonds. The molecule has 6 nitrogen and oxygen atoms in total. The van der Waals surface area contributed by atoms with Gasteiger partial charge in [0.05, 0.1) is 12.2 Å². The molecule has 2 rings (SSSR count). The van der Waals surface area contributed by atoms with Crippen LogP contribution in [0, 0.1) is 25.2 Å². The number of aryl methyl sites for hydroxylation is 1. The average molecular weight is 342 g/mol. The Hall–Kier alpha value is -2.72. The topological polar surface area (TPSA) is 79.0 Å². The van der Waals surface area contributed by atoms with Crippen molar-refractivity contribution in [2.24, 2.45) is 0 Å². The first-order valence-corrected chi connectivity index (χ1v) is 8.25. The number of carbonyl (C=O) groups is 1. The summed E-state index contributed by atoms with van der Waals surface area (Å²) in [4.78, 5) is 27.5. The Kier molecular flexibility index (Phi) is 5.66. The standard InChI is InChI=1S/C17H18N4O2S/c1-4-7-20(10-14-6-5-8-24-14)16(22)11-21-17(23)15(9-18)12(2)13(3)19-21/h4-6,8H,1,7,10-11H2,2-3H3. The predicted molar refractivity (Wildman–Crippen MR) is 92.6 cm³/mol. The Balaban J connectivity index is 2.27. The first-order valence-electron chi connectivity index (χ1n) is 7.37. The Bertz CT molecular complexity index is 847. The fraction of sp³-hybridized carbons (Fsp3) is 0.294. The first kappa shape index (κ1) is 17.6. The molecule has 0 bridgehead atoms. The summed E-state index contributed by atoms with van der Waals surface area (Å²) in [6.45, 7) is 7.69. The van der Waals surface area contributed by atoms with Gasteiger partial charge in [0.15, 0.2) is 0 Å². The number of hydrogen-bond donors (Lipinski definition) is 0. The third-order valence-electron chi connectivity index (χ3n) is 3.66. The Labute approximate surface area is 144 Å². The quantitative estimate of drug-likeness (QED) is 0.752. The molecule has 124 valence electrons. The van der Waals surface area contributed by atoms with E-state index in [0.29, 0.717) is 24.3 Å². The highest BCUT2D eigenvalue weighted by atomic mass is 32.1. The van der Waals surface area contributed by atoms with E-state index in [-0.39, 0.29) is 18.0 Å². The number of hydrogen-bond acceptors (Lipinski definition) is 5. The van der Waals surface area contributed by atoms with Crippen molar-refractivity contribution in [2.75, 3.05) is 6.54 Å². The van der Waals surface area contributed by atoms with Crippen molar-refractivity contribution in [3.8, 4) is 6.07 Å². The molecule has 0 saturated carbocycles. The predicted octanol–water partition coefficient (Wildman–Crippen LogP) is 2.01. The zero-order valence-corrected chi connectivity index (χ0v) is 14.5. The van der Waals surface area contributed by atoms with E-state index in [1.165, 1.54) is 0 Å². The number of carbonyl (C=O) groups excluding carboxylic acids is 1. The van der Waals surface area contributed by atoms with Crippen molar-refractivity contribution in [1.29, 1.82) is 5.26 Å². The van der Waals surface area contributed by atoms with E-state index in [1.54, 1.807) is 36.2 Å². The van der Waals surface area contributed by atoms with Crippen LogP contribution in [0.3, 0.4) is 0 Å². The molecule has 0 N–H and O–H groups in total. The summed E-state index contributed by atoms with van der Waals surface area (Å²) < 4.78 is 1.06. The minimum atomic E-state index is -0.538. The summed E-state index contributed by atoms with van der Waals surface area (Å²) in [5.41, 5.74) is 0.604. The Morgan fingerprint density at radius 2 is 2.29 bits per heavy atom. The van der Waals surface area contributed by atoms with Crippen LogP contribution in [0.15, 0.2) is 35.0 Å². The molecule has 7 heteroatoms. The SMILES string of the molecule is C=CCN(Cc1cccs1)C(=O)Cn1nc(C)c(C)c(C#N)c1=O. The number of nitriles is 1. The van der Waals surface area contributed by atoms with Crippen LogP contribution in [0.2, 0.25) is 0 Å². The van der Waals surface area contributed by atoms with Crippen LogP contribution in [0.1, 0.15) is 21.7 Å². The fourth-order valence-electron chi connectivity index (χ4n) is 2.24. The van der Waals surface area contributed by atoms with Gasteiger partial charge in [0.25, 0.3) is 5.56 Å². The second-order valence-corrected chi connectivity index (χ2v) is 6.33. The molecule has 0 fully saturated rings. The van der Waals surface area contributed by atoms with Gasteiger partial charge in [-0.15, -0.1) is 17.9 Å². The second kappa shape index (κ2) is 7.70. The average Bonchev–Trinajstić information content (AvgIpc) is 3.06. The van der Waals surface area contributed by atoms with E-state index in [4.69, 9.17) is 5.26 Å². The van der Waals surface area contributed by atoms with Gasteiger partial charge < -0.3 is 4.90 Å². The highest BCUT2D eigenvalue weighted by Gasteiger charge is 2.18. The lowest BCUT2D eigenvalue weighted by molar-refractivity contribution is -0.132. The smallest absolute Gasteiger partial charge is 0.285 e. The molecule has 2 aromatic heterocycles. The maximum Gasteiger partial charge on any atom is 0.285 e. The third kappa shape index (κ3) is 3.78. The van der Waals surface area contributed by atoms with Crippen molar-refractivity contribution >= 4 is 17.2 Å². The largest absolute Gasteiger partial charge is 0.332 e. The van der Waals surface area contributed by atoms with Crippen LogP contribution in [-0.2, 0) is 17.9 Å². The van der Waals surface area contributed by atoms with Gasteiger partial charge in [-0.3, -0.25) is 9.59 Å². The minimum absolute atomic E-state index is 0.0313. The molecule has 0 aliphatic rings. The molecule has 0 saturated heterocycles. The van der Waals surface area contributed by atoms with Crippen molar-refractivity contribution in [1.82, 2.24) is 14.7 Å². The molecule has 0 aromatic carbocycles. The van der Waals surface area contributed by atoms with E-state index in [0.717, 1.165) is 9.56 Å². The maximum atomic E-state index is 12.6. The lowest BCUT2D eigenvalue weighted by atomic mass is 10.1. The van der Waals surface area contributed by atoms with Crippen LogP contribution in [0.5, 0.6) is 0 Å². The van der Waals surface area contributed by atoms with Crippen LogP contribution < -0.4 is 5.56 Å². The van der Waals surface area contributed by atoms with Gasteiger partial charge in [0.2, 0.25) is 5.91 Å². The highest BCUT2D eigenvalue weighted by molar-refractivity contribution is 7.09. The second-order valence-electron chi connectivity index (χ2n) is 5.30. The molecule has 24 heavy (non-hydrogen) atoms. The molecule has 0 aliphatic heterocycles. The first-order chi connectivity index (χ1) is 11.5. The van der Waals surface area contributed by atoms with Crippen molar-refractivity contribution in [3.05, 3.63) is 62.2 Å². The molecule has 0 unspecified atom stereocenters. The normalized spacial score (nSPS) is 10.2. The Morgan fingerprint density at radius 1 is 1.54 bits per heavy atom. The van der Waals surface area contributed by atoms with Gasteiger partial charge in [-0.1, -0.05) is 12.1 Å². The lowest BCUT2D eigenvalue weighted by Gasteiger charge is -2.21. The van der Waals surface area contributed by atoms with E-state index in [1.807, 2.05) is 23.6 Å². The molecule has 2 heterocycles. The van der Waals surface area contributed by atoms with Crippen LogP contribution >= 0.6 is 11.3 Å². The van der Waals surface area contributed by atoms with Gasteiger partial charge in [0.1, 0.15) is 18.2 Å². The number of thiophene rings is 1. The molecule has 0 spiro atoms. The molecule has 0 atom stereocenters. The molecule has 0 aliphatic carbocycles. The molecular weight excluding hydrogens is 324 g/mol. The van der Waals surface area contributed by atoms with Crippen LogP contribution in [-0.4, -0.2) is 27.1 Å². The van der Waals surface area contributed by atoms with E-state index in [9.17, 15) is 9.59 Å². The minimum Gasteiger partial charge on any atom is -0.332 e. The monoisotopic (exact) mass is 342 g/mol. The lowest BCUT2D eigenvalue weighted by Crippen LogP contribution is -2.38. The van der Waals surface area contributed by atoms with Crippen molar-refractivity contribution < 1.29 is 4.79 Å². The maximum absolute atomic E-state index is 12.6. The van der Waals surface area contributed by atoms with E-state index >= 15 is 0 Å². The van der Waals surface area contributed by atoms with Gasteiger partial charge >= 0.3 is 0 Å². The summed E-state index contributed by atoms with van der Waals surface area (Å²) in [7, 11) is 0. The third-order valence-corrected chi connectivity index (χ3v) is 4.52. The molecule has 2 aromatic rings. The molecular formula is C17H18N4O2S. The fourth-order valence-corrected chi connectivity index (χ4v) is 2.96. The van der Waals surface area contributed by atoms with E-state index in [2.05, 4.69) is 11.7 Å². The van der Waals surface area contributed by atoms with Gasteiger partial charge in [0, 0.05) is 11.4 Å². The summed E-state index contributed by atoms with van der Waals surface area (Å²) in [5, 5.41) is 15.2.